The molecule has 0 aliphatic carbocycles. The van der Waals surface area contributed by atoms with Crippen molar-refractivity contribution in [1.29, 1.82) is 0 Å². The second-order valence-electron chi connectivity index (χ2n) is 6.01. The number of rotatable bonds is 4. The number of nitrogens with one attached hydrogen (secondary N) is 1. The van der Waals surface area contributed by atoms with Gasteiger partial charge in [0.25, 0.3) is 5.91 Å². The molecule has 0 bridgehead atoms. The molecule has 132 valence electrons. The molecule has 3 rings (SSSR count). The van der Waals surface area contributed by atoms with E-state index in [4.69, 9.17) is 0 Å². The summed E-state index contributed by atoms with van der Waals surface area (Å²) >= 11 is 0. The van der Waals surface area contributed by atoms with Crippen LogP contribution in [0.5, 0.6) is 0 Å². The van der Waals surface area contributed by atoms with Crippen LogP contribution in [-0.4, -0.2) is 40.6 Å². The predicted molar refractivity (Wildman–Crippen MR) is 99.1 cm³/mol. The van der Waals surface area contributed by atoms with Crippen LogP contribution in [0.15, 0.2) is 59.5 Å². The third-order valence-electron chi connectivity index (χ3n) is 3.85. The van der Waals surface area contributed by atoms with Crippen LogP contribution in [0.1, 0.15) is 10.4 Å². The summed E-state index contributed by atoms with van der Waals surface area (Å²) in [7, 11) is 3.33. The Balaban J connectivity index is 1.80. The number of fused-ring (bicyclic) bond motifs is 1. The molecule has 2 amide bonds. The molecular formula is C19H18N4O3. The van der Waals surface area contributed by atoms with Gasteiger partial charge in [-0.3, -0.25) is 19.1 Å². The fourth-order valence-corrected chi connectivity index (χ4v) is 2.61. The molecule has 0 fully saturated rings. The van der Waals surface area contributed by atoms with Crippen molar-refractivity contribution in [1.82, 2.24) is 14.7 Å². The van der Waals surface area contributed by atoms with Gasteiger partial charge in [0.05, 0.1) is 11.7 Å². The quantitative estimate of drug-likeness (QED) is 0.777. The summed E-state index contributed by atoms with van der Waals surface area (Å²) in [5, 5.41) is 7.30. The van der Waals surface area contributed by atoms with Crippen LogP contribution < -0.4 is 10.7 Å². The van der Waals surface area contributed by atoms with Gasteiger partial charge in [0.15, 0.2) is 0 Å². The van der Waals surface area contributed by atoms with E-state index in [0.29, 0.717) is 22.2 Å². The summed E-state index contributed by atoms with van der Waals surface area (Å²) < 4.78 is 1.47. The number of carbonyl (C=O) groups excluding carboxylic acids is 2. The first-order valence-corrected chi connectivity index (χ1v) is 8.02. The number of anilines is 1. The van der Waals surface area contributed by atoms with Crippen molar-refractivity contribution >= 4 is 28.4 Å². The first-order chi connectivity index (χ1) is 12.5. The molecule has 3 aromatic rings. The van der Waals surface area contributed by atoms with E-state index in [1.165, 1.54) is 15.8 Å². The minimum Gasteiger partial charge on any atom is -0.345 e. The first kappa shape index (κ1) is 17.3. The Morgan fingerprint density at radius 2 is 1.88 bits per heavy atom. The SMILES string of the molecule is CN(C)C(=O)c1cccc(NC(=O)Cn2ncc(=O)c3ccccc32)c1. The molecule has 1 aromatic heterocycles. The van der Waals surface area contributed by atoms with Gasteiger partial charge < -0.3 is 10.2 Å². The van der Waals surface area contributed by atoms with Crippen LogP contribution in [0.2, 0.25) is 0 Å². The number of para-hydroxylation sites is 1. The minimum atomic E-state index is -0.305. The smallest absolute Gasteiger partial charge is 0.253 e. The molecule has 0 aliphatic heterocycles. The largest absolute Gasteiger partial charge is 0.345 e. The van der Waals surface area contributed by atoms with Crippen LogP contribution in [0.4, 0.5) is 5.69 Å². The third-order valence-corrected chi connectivity index (χ3v) is 3.85. The first-order valence-electron chi connectivity index (χ1n) is 8.02. The van der Waals surface area contributed by atoms with Crippen molar-refractivity contribution in [3.8, 4) is 0 Å². The second-order valence-corrected chi connectivity index (χ2v) is 6.01. The van der Waals surface area contributed by atoms with Gasteiger partial charge in [-0.05, 0) is 30.3 Å². The zero-order valence-electron chi connectivity index (χ0n) is 14.5. The van der Waals surface area contributed by atoms with E-state index in [-0.39, 0.29) is 23.8 Å². The maximum Gasteiger partial charge on any atom is 0.253 e. The van der Waals surface area contributed by atoms with Crippen molar-refractivity contribution in [2.24, 2.45) is 0 Å². The minimum absolute atomic E-state index is 0.0490. The van der Waals surface area contributed by atoms with Crippen molar-refractivity contribution < 1.29 is 9.59 Å². The van der Waals surface area contributed by atoms with Gasteiger partial charge in [0.2, 0.25) is 11.3 Å². The van der Waals surface area contributed by atoms with E-state index in [1.54, 1.807) is 62.6 Å². The Hall–Kier alpha value is -3.48. The van der Waals surface area contributed by atoms with E-state index in [2.05, 4.69) is 10.4 Å². The third kappa shape index (κ3) is 3.61. The Kier molecular flexibility index (Phi) is 4.79. The van der Waals surface area contributed by atoms with Crippen LogP contribution in [0, 0.1) is 0 Å². The van der Waals surface area contributed by atoms with Crippen LogP contribution in [0.25, 0.3) is 10.9 Å². The van der Waals surface area contributed by atoms with Crippen molar-refractivity contribution in [2.75, 3.05) is 19.4 Å². The highest BCUT2D eigenvalue weighted by molar-refractivity contribution is 5.97. The number of nitrogens with zero attached hydrogens (tertiary/aromatic N) is 3. The molecule has 0 saturated carbocycles. The average Bonchev–Trinajstić information content (AvgIpc) is 2.64. The molecule has 0 unspecified atom stereocenters. The maximum atomic E-state index is 12.4. The van der Waals surface area contributed by atoms with Gasteiger partial charge in [-0.1, -0.05) is 18.2 Å². The molecule has 26 heavy (non-hydrogen) atoms. The van der Waals surface area contributed by atoms with E-state index in [0.717, 1.165) is 0 Å². The van der Waals surface area contributed by atoms with Gasteiger partial charge in [0, 0.05) is 30.7 Å². The average molecular weight is 350 g/mol. The number of hydrogen-bond donors (Lipinski definition) is 1. The second kappa shape index (κ2) is 7.18. The molecule has 1 heterocycles. The van der Waals surface area contributed by atoms with Crippen LogP contribution in [0.3, 0.4) is 0 Å². The number of benzene rings is 2. The van der Waals surface area contributed by atoms with Crippen LogP contribution in [-0.2, 0) is 11.3 Å². The highest BCUT2D eigenvalue weighted by Gasteiger charge is 2.11. The molecule has 7 heteroatoms. The Labute approximate surface area is 149 Å². The molecule has 1 N–H and O–H groups in total. The Morgan fingerprint density at radius 1 is 1.12 bits per heavy atom. The standard InChI is InChI=1S/C19H18N4O3/c1-22(2)19(26)13-6-5-7-14(10-13)21-18(25)12-23-16-9-4-3-8-15(16)17(24)11-20-23/h3-11H,12H2,1-2H3,(H,21,25). The number of amides is 2. The topological polar surface area (TPSA) is 84.3 Å². The fraction of sp³-hybridized carbons (Fsp3) is 0.158. The molecule has 7 nitrogen and oxygen atoms in total. The number of carbonyl (C=O) groups is 2. The van der Waals surface area contributed by atoms with E-state index in [1.807, 2.05) is 0 Å². The van der Waals surface area contributed by atoms with Gasteiger partial charge in [-0.2, -0.15) is 5.10 Å². The Bertz CT molecular complexity index is 1040. The lowest BCUT2D eigenvalue weighted by Gasteiger charge is -2.12. The predicted octanol–water partition coefficient (Wildman–Crippen LogP) is 1.74. The zero-order chi connectivity index (χ0) is 18.7. The molecule has 0 aliphatic rings. The molecule has 0 spiro atoms. The number of aromatic nitrogens is 2. The summed E-state index contributed by atoms with van der Waals surface area (Å²) in [6.45, 7) is -0.0490. The van der Waals surface area contributed by atoms with E-state index in [9.17, 15) is 14.4 Å². The molecule has 0 saturated heterocycles. The lowest BCUT2D eigenvalue weighted by atomic mass is 10.2. The number of hydrogen-bond acceptors (Lipinski definition) is 4. The molecule has 0 atom stereocenters. The van der Waals surface area contributed by atoms with Gasteiger partial charge >= 0.3 is 0 Å². The molecule has 2 aromatic carbocycles. The molecule has 0 radical (unpaired) electrons. The highest BCUT2D eigenvalue weighted by Crippen LogP contribution is 2.13. The van der Waals surface area contributed by atoms with Gasteiger partial charge in [0.1, 0.15) is 6.54 Å². The van der Waals surface area contributed by atoms with Crippen LogP contribution >= 0.6 is 0 Å². The van der Waals surface area contributed by atoms with Gasteiger partial charge in [-0.15, -0.1) is 0 Å². The van der Waals surface area contributed by atoms with Gasteiger partial charge in [-0.25, -0.2) is 0 Å². The summed E-state index contributed by atoms with van der Waals surface area (Å²) in [5.74, 6) is -0.449. The van der Waals surface area contributed by atoms with Crippen molar-refractivity contribution in [3.63, 3.8) is 0 Å². The molecular weight excluding hydrogens is 332 g/mol. The Morgan fingerprint density at radius 3 is 2.65 bits per heavy atom. The highest BCUT2D eigenvalue weighted by atomic mass is 16.2. The summed E-state index contributed by atoms with van der Waals surface area (Å²) in [6, 6.07) is 13.7. The monoisotopic (exact) mass is 350 g/mol. The summed E-state index contributed by atoms with van der Waals surface area (Å²) in [4.78, 5) is 37.7. The summed E-state index contributed by atoms with van der Waals surface area (Å²) in [5.41, 5.74) is 1.41. The van der Waals surface area contributed by atoms with E-state index >= 15 is 0 Å². The normalized spacial score (nSPS) is 10.5. The fourth-order valence-electron chi connectivity index (χ4n) is 2.61. The lowest BCUT2D eigenvalue weighted by Crippen LogP contribution is -2.23. The summed E-state index contributed by atoms with van der Waals surface area (Å²) in [6.07, 6.45) is 1.20. The van der Waals surface area contributed by atoms with Crippen molar-refractivity contribution in [2.45, 2.75) is 6.54 Å². The van der Waals surface area contributed by atoms with Crippen molar-refractivity contribution in [3.05, 3.63) is 70.5 Å². The van der Waals surface area contributed by atoms with E-state index < -0.39 is 0 Å². The maximum absolute atomic E-state index is 12.4. The zero-order valence-corrected chi connectivity index (χ0v) is 14.5. The lowest BCUT2D eigenvalue weighted by molar-refractivity contribution is -0.116.